The number of aromatic nitrogens is 3. The van der Waals surface area contributed by atoms with Gasteiger partial charge in [-0.3, -0.25) is 9.48 Å². The van der Waals surface area contributed by atoms with Crippen LogP contribution in [0.4, 0.5) is 0 Å². The van der Waals surface area contributed by atoms with E-state index in [9.17, 15) is 4.79 Å². The molecule has 1 fully saturated rings. The summed E-state index contributed by atoms with van der Waals surface area (Å²) in [4.78, 5) is 17.5. The number of hydrogen-bond donors (Lipinski definition) is 1. The number of hydrogen-bond acceptors (Lipinski definition) is 3. The molecule has 1 aromatic carbocycles. The average molecular weight is 405 g/mol. The van der Waals surface area contributed by atoms with Crippen molar-refractivity contribution in [3.8, 4) is 0 Å². The minimum atomic E-state index is 0.0933. The van der Waals surface area contributed by atoms with Gasteiger partial charge in [-0.05, 0) is 56.7 Å². The second-order valence-corrected chi connectivity index (χ2v) is 8.84. The Labute approximate surface area is 178 Å². The van der Waals surface area contributed by atoms with Gasteiger partial charge in [-0.25, -0.2) is 4.98 Å². The molecule has 0 bridgehead atoms. The number of amides is 1. The molecule has 2 heterocycles. The molecular formula is C25H32N4O. The summed E-state index contributed by atoms with van der Waals surface area (Å²) >= 11 is 0. The van der Waals surface area contributed by atoms with Crippen LogP contribution in [0.3, 0.4) is 0 Å². The molecule has 4 rings (SSSR count). The van der Waals surface area contributed by atoms with E-state index in [0.717, 1.165) is 41.8 Å². The second kappa shape index (κ2) is 8.21. The van der Waals surface area contributed by atoms with Crippen molar-refractivity contribution in [3.05, 3.63) is 58.4 Å². The minimum Gasteiger partial charge on any atom is -0.355 e. The molecule has 0 unspecified atom stereocenters. The molecule has 5 nitrogen and oxygen atoms in total. The molecule has 0 atom stereocenters. The highest BCUT2D eigenvalue weighted by molar-refractivity contribution is 5.84. The number of nitrogens with one attached hydrogen (secondary N) is 1. The summed E-state index contributed by atoms with van der Waals surface area (Å²) in [5.74, 6) is 0.124. The smallest absolute Gasteiger partial charge is 0.220 e. The molecule has 2 aromatic heterocycles. The Morgan fingerprint density at radius 3 is 2.50 bits per heavy atom. The molecule has 158 valence electrons. The van der Waals surface area contributed by atoms with E-state index in [4.69, 9.17) is 4.98 Å². The number of fused-ring (bicyclic) bond motifs is 1. The number of nitrogens with zero attached hydrogens (tertiary/aromatic N) is 3. The van der Waals surface area contributed by atoms with E-state index in [2.05, 4.69) is 47.7 Å². The normalized spacial score (nSPS) is 15.6. The van der Waals surface area contributed by atoms with E-state index in [0.29, 0.717) is 12.8 Å². The lowest BCUT2D eigenvalue weighted by Gasteiger charge is -2.30. The Kier molecular flexibility index (Phi) is 5.63. The summed E-state index contributed by atoms with van der Waals surface area (Å²) < 4.78 is 1.84. The van der Waals surface area contributed by atoms with Crippen molar-refractivity contribution < 1.29 is 4.79 Å². The second-order valence-electron chi connectivity index (χ2n) is 8.84. The van der Waals surface area contributed by atoms with Gasteiger partial charge in [-0.1, -0.05) is 43.2 Å². The van der Waals surface area contributed by atoms with Gasteiger partial charge in [0.1, 0.15) is 0 Å². The molecule has 1 amide bonds. The van der Waals surface area contributed by atoms with Crippen LogP contribution in [0.25, 0.3) is 11.0 Å². The number of rotatable bonds is 6. The molecule has 30 heavy (non-hydrogen) atoms. The van der Waals surface area contributed by atoms with Crippen molar-refractivity contribution in [3.63, 3.8) is 0 Å². The number of pyridine rings is 1. The fourth-order valence-electron chi connectivity index (χ4n) is 5.24. The van der Waals surface area contributed by atoms with Crippen LogP contribution in [0.5, 0.6) is 0 Å². The Hall–Kier alpha value is -2.69. The van der Waals surface area contributed by atoms with Crippen LogP contribution in [0.15, 0.2) is 30.3 Å². The van der Waals surface area contributed by atoms with Crippen molar-refractivity contribution in [1.29, 1.82) is 0 Å². The first kappa shape index (κ1) is 20.6. The predicted octanol–water partition coefficient (Wildman–Crippen LogP) is 4.45. The Bertz CT molecular complexity index is 1060. The molecule has 1 saturated carbocycles. The maximum absolute atomic E-state index is 12.8. The number of benzene rings is 1. The summed E-state index contributed by atoms with van der Waals surface area (Å²) in [5.41, 5.74) is 6.73. The van der Waals surface area contributed by atoms with Gasteiger partial charge >= 0.3 is 0 Å². The first-order chi connectivity index (χ1) is 14.4. The fourth-order valence-corrected chi connectivity index (χ4v) is 5.24. The Morgan fingerprint density at radius 1 is 1.10 bits per heavy atom. The third-order valence-corrected chi connectivity index (χ3v) is 6.90. The molecular weight excluding hydrogens is 372 g/mol. The topological polar surface area (TPSA) is 59.8 Å². The summed E-state index contributed by atoms with van der Waals surface area (Å²) in [6.45, 7) is 6.91. The van der Waals surface area contributed by atoms with Crippen LogP contribution in [0, 0.1) is 20.8 Å². The van der Waals surface area contributed by atoms with Crippen molar-refractivity contribution in [2.45, 2.75) is 64.7 Å². The van der Waals surface area contributed by atoms with Gasteiger partial charge < -0.3 is 5.32 Å². The first-order valence-electron chi connectivity index (χ1n) is 11.0. The zero-order valence-corrected chi connectivity index (χ0v) is 18.6. The first-order valence-corrected chi connectivity index (χ1v) is 11.0. The third kappa shape index (κ3) is 3.73. The Balaban J connectivity index is 1.45. The Morgan fingerprint density at radius 2 is 1.80 bits per heavy atom. The van der Waals surface area contributed by atoms with Gasteiger partial charge in [0.05, 0.1) is 5.69 Å². The van der Waals surface area contributed by atoms with Gasteiger partial charge in [0, 0.05) is 36.5 Å². The van der Waals surface area contributed by atoms with Crippen LogP contribution < -0.4 is 5.32 Å². The summed E-state index contributed by atoms with van der Waals surface area (Å²) in [6.07, 6.45) is 5.96. The van der Waals surface area contributed by atoms with Crippen LogP contribution in [-0.2, 0) is 23.7 Å². The molecule has 0 radical (unpaired) electrons. The van der Waals surface area contributed by atoms with Gasteiger partial charge in [-0.15, -0.1) is 0 Å². The van der Waals surface area contributed by atoms with Crippen LogP contribution in [0.2, 0.25) is 0 Å². The lowest BCUT2D eigenvalue weighted by molar-refractivity contribution is -0.121. The SMILES string of the molecule is Cc1nc2c(c(C)nn2C)c(C)c1CCC(=O)NCC1(c2ccccc2)CCCC1. The van der Waals surface area contributed by atoms with Crippen molar-refractivity contribution in [2.75, 3.05) is 6.54 Å². The third-order valence-electron chi connectivity index (χ3n) is 6.90. The lowest BCUT2D eigenvalue weighted by atomic mass is 9.79. The van der Waals surface area contributed by atoms with E-state index >= 15 is 0 Å². The van der Waals surface area contributed by atoms with Gasteiger partial charge in [0.2, 0.25) is 5.91 Å². The molecule has 1 aliphatic rings. The number of carbonyl (C=O) groups is 1. The van der Waals surface area contributed by atoms with E-state index in [-0.39, 0.29) is 11.3 Å². The van der Waals surface area contributed by atoms with E-state index < -0.39 is 0 Å². The highest BCUT2D eigenvalue weighted by atomic mass is 16.1. The lowest BCUT2D eigenvalue weighted by Crippen LogP contribution is -2.39. The summed E-state index contributed by atoms with van der Waals surface area (Å²) in [6, 6.07) is 10.7. The van der Waals surface area contributed by atoms with Gasteiger partial charge in [0.15, 0.2) is 5.65 Å². The highest BCUT2D eigenvalue weighted by Gasteiger charge is 2.35. The molecule has 0 saturated heterocycles. The largest absolute Gasteiger partial charge is 0.355 e. The van der Waals surface area contributed by atoms with E-state index in [1.165, 1.54) is 29.5 Å². The average Bonchev–Trinajstić information content (AvgIpc) is 3.32. The quantitative estimate of drug-likeness (QED) is 0.660. The number of carbonyl (C=O) groups excluding carboxylic acids is 1. The van der Waals surface area contributed by atoms with E-state index in [1.54, 1.807) is 0 Å². The fraction of sp³-hybridized carbons (Fsp3) is 0.480. The predicted molar refractivity (Wildman–Crippen MR) is 121 cm³/mol. The zero-order chi connectivity index (χ0) is 21.3. The monoisotopic (exact) mass is 404 g/mol. The maximum atomic E-state index is 12.8. The van der Waals surface area contributed by atoms with Gasteiger partial charge in [-0.2, -0.15) is 5.10 Å². The number of aryl methyl sites for hydroxylation is 4. The summed E-state index contributed by atoms with van der Waals surface area (Å²) in [7, 11) is 1.93. The van der Waals surface area contributed by atoms with Crippen LogP contribution in [0.1, 0.15) is 60.2 Å². The molecule has 1 aliphatic carbocycles. The zero-order valence-electron chi connectivity index (χ0n) is 18.6. The van der Waals surface area contributed by atoms with Crippen LogP contribution >= 0.6 is 0 Å². The molecule has 3 aromatic rings. The molecule has 0 spiro atoms. The minimum absolute atomic E-state index is 0.0933. The molecule has 1 N–H and O–H groups in total. The highest BCUT2D eigenvalue weighted by Crippen LogP contribution is 2.40. The molecule has 0 aliphatic heterocycles. The van der Waals surface area contributed by atoms with Crippen LogP contribution in [-0.4, -0.2) is 27.2 Å². The molecule has 5 heteroatoms. The van der Waals surface area contributed by atoms with Crippen molar-refractivity contribution in [1.82, 2.24) is 20.1 Å². The standard InChI is InChI=1S/C25H32N4O/c1-17-21(18(2)27-24-23(17)19(3)28-29(24)4)12-13-22(30)26-16-25(14-8-9-15-25)20-10-6-5-7-11-20/h5-7,10-11H,8-9,12-16H2,1-4H3,(H,26,30). The van der Waals surface area contributed by atoms with E-state index in [1.807, 2.05) is 25.6 Å². The van der Waals surface area contributed by atoms with Crippen molar-refractivity contribution in [2.24, 2.45) is 7.05 Å². The van der Waals surface area contributed by atoms with Gasteiger partial charge in [0.25, 0.3) is 0 Å². The van der Waals surface area contributed by atoms with Crippen molar-refractivity contribution >= 4 is 16.9 Å². The maximum Gasteiger partial charge on any atom is 0.220 e. The summed E-state index contributed by atoms with van der Waals surface area (Å²) in [5, 5.41) is 8.88.